The van der Waals surface area contributed by atoms with Crippen LogP contribution in [0, 0.1) is 11.3 Å². The van der Waals surface area contributed by atoms with Crippen LogP contribution in [0.15, 0.2) is 47.3 Å². The maximum atomic E-state index is 12.6. The number of hydrogen-bond donors (Lipinski definition) is 0. The van der Waals surface area contributed by atoms with E-state index in [0.29, 0.717) is 5.56 Å². The molecule has 102 valence electrons. The highest BCUT2D eigenvalue weighted by atomic mass is 16.1. The van der Waals surface area contributed by atoms with Crippen molar-refractivity contribution < 1.29 is 0 Å². The molecule has 3 nitrogen and oxygen atoms in total. The van der Waals surface area contributed by atoms with E-state index < -0.39 is 0 Å². The molecule has 1 aromatic heterocycles. The van der Waals surface area contributed by atoms with Crippen molar-refractivity contribution in [3.63, 3.8) is 0 Å². The molecule has 1 aromatic carbocycles. The lowest BCUT2D eigenvalue weighted by molar-refractivity contribution is 0.517. The fourth-order valence-corrected chi connectivity index (χ4v) is 2.28. The lowest BCUT2D eigenvalue weighted by Crippen LogP contribution is -2.27. The van der Waals surface area contributed by atoms with Gasteiger partial charge >= 0.3 is 0 Å². The first-order valence-corrected chi connectivity index (χ1v) is 6.85. The van der Waals surface area contributed by atoms with Gasteiger partial charge in [0.05, 0.1) is 18.2 Å². The SMILES string of the molecule is CCC(C)n1c(-c2ccccc2)ccc(CC#N)c1=O. The van der Waals surface area contributed by atoms with Gasteiger partial charge < -0.3 is 4.57 Å². The molecule has 1 heterocycles. The first-order chi connectivity index (χ1) is 9.69. The van der Waals surface area contributed by atoms with E-state index in [0.717, 1.165) is 17.7 Å². The fourth-order valence-electron chi connectivity index (χ4n) is 2.28. The van der Waals surface area contributed by atoms with E-state index in [1.165, 1.54) is 0 Å². The van der Waals surface area contributed by atoms with Crippen LogP contribution in [0.25, 0.3) is 11.3 Å². The zero-order chi connectivity index (χ0) is 14.5. The van der Waals surface area contributed by atoms with Crippen LogP contribution in [0.4, 0.5) is 0 Å². The summed E-state index contributed by atoms with van der Waals surface area (Å²) in [5, 5.41) is 8.82. The Balaban J connectivity index is 2.67. The molecule has 0 saturated carbocycles. The van der Waals surface area contributed by atoms with Gasteiger partial charge in [-0.3, -0.25) is 4.79 Å². The number of nitrogens with zero attached hydrogens (tertiary/aromatic N) is 2. The van der Waals surface area contributed by atoms with Crippen LogP contribution < -0.4 is 5.56 Å². The van der Waals surface area contributed by atoms with E-state index in [9.17, 15) is 4.79 Å². The molecular weight excluding hydrogens is 248 g/mol. The zero-order valence-corrected chi connectivity index (χ0v) is 11.8. The van der Waals surface area contributed by atoms with Crippen molar-refractivity contribution in [2.45, 2.75) is 32.7 Å². The van der Waals surface area contributed by atoms with Crippen LogP contribution in [0.1, 0.15) is 31.9 Å². The van der Waals surface area contributed by atoms with Gasteiger partial charge in [0.1, 0.15) is 0 Å². The van der Waals surface area contributed by atoms with Crippen molar-refractivity contribution in [1.82, 2.24) is 4.57 Å². The van der Waals surface area contributed by atoms with Gasteiger partial charge in [-0.25, -0.2) is 0 Å². The summed E-state index contributed by atoms with van der Waals surface area (Å²) in [6, 6.07) is 15.8. The van der Waals surface area contributed by atoms with Crippen molar-refractivity contribution >= 4 is 0 Å². The highest BCUT2D eigenvalue weighted by molar-refractivity contribution is 5.60. The van der Waals surface area contributed by atoms with Crippen molar-refractivity contribution in [1.29, 1.82) is 5.26 Å². The highest BCUT2D eigenvalue weighted by Crippen LogP contribution is 2.22. The van der Waals surface area contributed by atoms with E-state index in [1.54, 1.807) is 6.07 Å². The lowest BCUT2D eigenvalue weighted by Gasteiger charge is -2.19. The predicted molar refractivity (Wildman–Crippen MR) is 80.5 cm³/mol. The van der Waals surface area contributed by atoms with Crippen LogP contribution in [0.5, 0.6) is 0 Å². The third-order valence-electron chi connectivity index (χ3n) is 3.57. The maximum absolute atomic E-state index is 12.6. The minimum absolute atomic E-state index is 0.0535. The van der Waals surface area contributed by atoms with Crippen LogP contribution in [-0.2, 0) is 6.42 Å². The maximum Gasteiger partial charge on any atom is 0.255 e. The zero-order valence-electron chi connectivity index (χ0n) is 11.8. The van der Waals surface area contributed by atoms with Crippen molar-refractivity contribution in [2.24, 2.45) is 0 Å². The Morgan fingerprint density at radius 2 is 1.90 bits per heavy atom. The number of aromatic nitrogens is 1. The van der Waals surface area contributed by atoms with Crippen LogP contribution in [-0.4, -0.2) is 4.57 Å². The van der Waals surface area contributed by atoms with E-state index in [-0.39, 0.29) is 18.0 Å². The molecule has 0 bridgehead atoms. The summed E-state index contributed by atoms with van der Waals surface area (Å²) in [7, 11) is 0. The number of benzene rings is 1. The van der Waals surface area contributed by atoms with E-state index in [4.69, 9.17) is 5.26 Å². The minimum Gasteiger partial charge on any atom is -0.305 e. The fraction of sp³-hybridized carbons (Fsp3) is 0.294. The predicted octanol–water partition coefficient (Wildman–Crippen LogP) is 3.55. The molecule has 0 aliphatic carbocycles. The Morgan fingerprint density at radius 1 is 1.20 bits per heavy atom. The van der Waals surface area contributed by atoms with Crippen molar-refractivity contribution in [2.75, 3.05) is 0 Å². The summed E-state index contributed by atoms with van der Waals surface area (Å²) in [6.07, 6.45) is 1.03. The topological polar surface area (TPSA) is 45.8 Å². The summed E-state index contributed by atoms with van der Waals surface area (Å²) in [5.74, 6) is 0. The minimum atomic E-state index is -0.0535. The standard InChI is InChI=1S/C17H18N2O/c1-3-13(2)19-16(14-7-5-4-6-8-14)10-9-15(11-12-18)17(19)20/h4-10,13H,3,11H2,1-2H3. The Labute approximate surface area is 119 Å². The Kier molecular flexibility index (Phi) is 4.37. The molecule has 3 heteroatoms. The lowest BCUT2D eigenvalue weighted by atomic mass is 10.1. The van der Waals surface area contributed by atoms with Crippen molar-refractivity contribution in [3.05, 3.63) is 58.4 Å². The summed E-state index contributed by atoms with van der Waals surface area (Å²) < 4.78 is 1.81. The molecule has 0 fully saturated rings. The quantitative estimate of drug-likeness (QED) is 0.849. The number of rotatable bonds is 4. The van der Waals surface area contributed by atoms with Gasteiger partial charge in [-0.1, -0.05) is 43.3 Å². The molecule has 1 atom stereocenters. The van der Waals surface area contributed by atoms with Gasteiger partial charge in [-0.2, -0.15) is 5.26 Å². The van der Waals surface area contributed by atoms with Gasteiger partial charge in [-0.15, -0.1) is 0 Å². The second-order valence-corrected chi connectivity index (χ2v) is 4.88. The van der Waals surface area contributed by atoms with Gasteiger partial charge in [0.15, 0.2) is 0 Å². The summed E-state index contributed by atoms with van der Waals surface area (Å²) in [5.41, 5.74) is 2.44. The smallest absolute Gasteiger partial charge is 0.255 e. The summed E-state index contributed by atoms with van der Waals surface area (Å²) >= 11 is 0. The second-order valence-electron chi connectivity index (χ2n) is 4.88. The van der Waals surface area contributed by atoms with E-state index in [2.05, 4.69) is 13.0 Å². The van der Waals surface area contributed by atoms with Crippen LogP contribution in [0.2, 0.25) is 0 Å². The number of hydrogen-bond acceptors (Lipinski definition) is 2. The first-order valence-electron chi connectivity index (χ1n) is 6.85. The summed E-state index contributed by atoms with van der Waals surface area (Å²) in [4.78, 5) is 12.6. The first kappa shape index (κ1) is 14.1. The Bertz CT molecular complexity index is 680. The second kappa shape index (κ2) is 6.21. The van der Waals surface area contributed by atoms with Gasteiger partial charge in [0.25, 0.3) is 5.56 Å². The van der Waals surface area contributed by atoms with Crippen LogP contribution in [0.3, 0.4) is 0 Å². The Hall–Kier alpha value is -2.34. The molecule has 0 amide bonds. The third kappa shape index (κ3) is 2.65. The highest BCUT2D eigenvalue weighted by Gasteiger charge is 2.14. The number of nitriles is 1. The Morgan fingerprint density at radius 3 is 2.50 bits per heavy atom. The van der Waals surface area contributed by atoms with Gasteiger partial charge in [0, 0.05) is 11.6 Å². The molecular formula is C17H18N2O. The van der Waals surface area contributed by atoms with E-state index in [1.807, 2.05) is 47.9 Å². The molecule has 0 N–H and O–H groups in total. The average Bonchev–Trinajstić information content (AvgIpc) is 2.49. The van der Waals surface area contributed by atoms with Gasteiger partial charge in [0.2, 0.25) is 0 Å². The molecule has 20 heavy (non-hydrogen) atoms. The molecule has 2 aromatic rings. The van der Waals surface area contributed by atoms with E-state index >= 15 is 0 Å². The summed E-state index contributed by atoms with van der Waals surface area (Å²) in [6.45, 7) is 4.09. The largest absolute Gasteiger partial charge is 0.305 e. The molecule has 0 saturated heterocycles. The molecule has 1 unspecified atom stereocenters. The normalized spacial score (nSPS) is 11.8. The molecule has 2 rings (SSSR count). The van der Waals surface area contributed by atoms with Crippen molar-refractivity contribution in [3.8, 4) is 17.3 Å². The monoisotopic (exact) mass is 266 g/mol. The van der Waals surface area contributed by atoms with Gasteiger partial charge in [-0.05, 0) is 25.0 Å². The third-order valence-corrected chi connectivity index (χ3v) is 3.57. The molecule has 0 aliphatic heterocycles. The average molecular weight is 266 g/mol. The molecule has 0 aliphatic rings. The molecule has 0 radical (unpaired) electrons. The molecule has 0 spiro atoms. The van der Waals surface area contributed by atoms with Crippen LogP contribution >= 0.6 is 0 Å². The number of pyridine rings is 1.